The van der Waals surface area contributed by atoms with Gasteiger partial charge in [-0.25, -0.2) is 4.39 Å². The Labute approximate surface area is 161 Å². The summed E-state index contributed by atoms with van der Waals surface area (Å²) in [6, 6.07) is 10.5. The van der Waals surface area contributed by atoms with E-state index < -0.39 is 17.6 Å². The summed E-state index contributed by atoms with van der Waals surface area (Å²) >= 11 is 0. The summed E-state index contributed by atoms with van der Waals surface area (Å²) in [5.41, 5.74) is 2.39. The zero-order valence-electron chi connectivity index (χ0n) is 15.6. The maximum atomic E-state index is 13.9. The molecule has 8 heteroatoms. The normalized spacial score (nSPS) is 10.5. The third-order valence-electron chi connectivity index (χ3n) is 4.03. The van der Waals surface area contributed by atoms with Gasteiger partial charge in [0.1, 0.15) is 11.5 Å². The van der Waals surface area contributed by atoms with E-state index in [0.29, 0.717) is 13.1 Å². The summed E-state index contributed by atoms with van der Waals surface area (Å²) in [6.07, 6.45) is 1.49. The van der Waals surface area contributed by atoms with Crippen LogP contribution in [0.2, 0.25) is 0 Å². The Morgan fingerprint density at radius 1 is 1.11 bits per heavy atom. The lowest BCUT2D eigenvalue weighted by Crippen LogP contribution is -2.28. The Kier molecular flexibility index (Phi) is 5.78. The van der Waals surface area contributed by atoms with E-state index in [1.807, 2.05) is 19.9 Å². The van der Waals surface area contributed by atoms with Crippen molar-refractivity contribution < 1.29 is 14.0 Å². The molecule has 0 bridgehead atoms. The second kappa shape index (κ2) is 8.43. The van der Waals surface area contributed by atoms with E-state index in [9.17, 15) is 14.0 Å². The summed E-state index contributed by atoms with van der Waals surface area (Å²) < 4.78 is 15.7. The SMILES string of the molecule is Cc1cc(C)n(CCNC(=O)c2cc(F)cc(NC(=O)c3ccccn3)c2)n1. The second-order valence-electron chi connectivity index (χ2n) is 6.30. The number of carbonyl (C=O) groups excluding carboxylic acids is 2. The molecule has 0 fully saturated rings. The predicted molar refractivity (Wildman–Crippen MR) is 103 cm³/mol. The first kappa shape index (κ1) is 19.2. The molecule has 0 atom stereocenters. The zero-order valence-corrected chi connectivity index (χ0v) is 15.6. The van der Waals surface area contributed by atoms with Gasteiger partial charge in [-0.15, -0.1) is 0 Å². The third-order valence-corrected chi connectivity index (χ3v) is 4.03. The average molecular weight is 381 g/mol. The zero-order chi connectivity index (χ0) is 20.1. The van der Waals surface area contributed by atoms with Crippen LogP contribution >= 0.6 is 0 Å². The molecule has 2 aromatic heterocycles. The standard InChI is InChI=1S/C20H20FN5O2/c1-13-9-14(2)26(25-13)8-7-23-19(27)15-10-16(21)12-17(11-15)24-20(28)18-5-3-4-6-22-18/h3-6,9-12H,7-8H2,1-2H3,(H,23,27)(H,24,28). The van der Waals surface area contributed by atoms with Crippen LogP contribution in [0.15, 0.2) is 48.7 Å². The minimum Gasteiger partial charge on any atom is -0.350 e. The highest BCUT2D eigenvalue weighted by Crippen LogP contribution is 2.15. The van der Waals surface area contributed by atoms with Gasteiger partial charge in [0.2, 0.25) is 0 Å². The fourth-order valence-electron chi connectivity index (χ4n) is 2.76. The van der Waals surface area contributed by atoms with Crippen LogP contribution in [0.25, 0.3) is 0 Å². The van der Waals surface area contributed by atoms with Gasteiger partial charge in [0.25, 0.3) is 11.8 Å². The molecule has 2 N–H and O–H groups in total. The molecule has 0 aliphatic rings. The first-order valence-electron chi connectivity index (χ1n) is 8.74. The summed E-state index contributed by atoms with van der Waals surface area (Å²) in [4.78, 5) is 28.5. The third kappa shape index (κ3) is 4.79. The van der Waals surface area contributed by atoms with Crippen LogP contribution in [0.4, 0.5) is 10.1 Å². The molecule has 7 nitrogen and oxygen atoms in total. The second-order valence-corrected chi connectivity index (χ2v) is 6.30. The molecule has 0 aliphatic carbocycles. The minimum atomic E-state index is -0.623. The van der Waals surface area contributed by atoms with Gasteiger partial charge in [-0.05, 0) is 50.2 Å². The van der Waals surface area contributed by atoms with Gasteiger partial charge in [0, 0.05) is 29.7 Å². The van der Waals surface area contributed by atoms with E-state index in [0.717, 1.165) is 23.5 Å². The number of hydrogen-bond donors (Lipinski definition) is 2. The van der Waals surface area contributed by atoms with Gasteiger partial charge in [0.05, 0.1) is 12.2 Å². The van der Waals surface area contributed by atoms with Crippen molar-refractivity contribution in [3.05, 3.63) is 77.1 Å². The van der Waals surface area contributed by atoms with Gasteiger partial charge in [0.15, 0.2) is 0 Å². The maximum Gasteiger partial charge on any atom is 0.274 e. The average Bonchev–Trinajstić information content (AvgIpc) is 2.99. The number of nitrogens with one attached hydrogen (secondary N) is 2. The quantitative estimate of drug-likeness (QED) is 0.687. The molecule has 0 aliphatic heterocycles. The maximum absolute atomic E-state index is 13.9. The van der Waals surface area contributed by atoms with Crippen LogP contribution in [-0.2, 0) is 6.54 Å². The van der Waals surface area contributed by atoms with Crippen molar-refractivity contribution in [3.8, 4) is 0 Å². The van der Waals surface area contributed by atoms with Crippen molar-refractivity contribution in [1.29, 1.82) is 0 Å². The largest absolute Gasteiger partial charge is 0.350 e. The highest BCUT2D eigenvalue weighted by molar-refractivity contribution is 6.03. The molecule has 28 heavy (non-hydrogen) atoms. The van der Waals surface area contributed by atoms with Crippen molar-refractivity contribution in [2.75, 3.05) is 11.9 Å². The number of aryl methyl sites for hydroxylation is 2. The number of pyridine rings is 1. The van der Waals surface area contributed by atoms with E-state index in [2.05, 4.69) is 20.7 Å². The number of aromatic nitrogens is 3. The van der Waals surface area contributed by atoms with Crippen molar-refractivity contribution in [3.63, 3.8) is 0 Å². The molecular formula is C20H20FN5O2. The summed E-state index contributed by atoms with van der Waals surface area (Å²) in [5, 5.41) is 9.60. The van der Waals surface area contributed by atoms with Crippen LogP contribution in [0.1, 0.15) is 32.2 Å². The van der Waals surface area contributed by atoms with Crippen LogP contribution < -0.4 is 10.6 Å². The van der Waals surface area contributed by atoms with E-state index in [-0.39, 0.29) is 16.9 Å². The van der Waals surface area contributed by atoms with Gasteiger partial charge in [-0.1, -0.05) is 6.07 Å². The number of hydrogen-bond acceptors (Lipinski definition) is 4. The van der Waals surface area contributed by atoms with E-state index in [4.69, 9.17) is 0 Å². The molecule has 0 saturated carbocycles. The van der Waals surface area contributed by atoms with E-state index >= 15 is 0 Å². The molecule has 0 saturated heterocycles. The predicted octanol–water partition coefficient (Wildman–Crippen LogP) is 2.72. The van der Waals surface area contributed by atoms with Crippen LogP contribution in [0, 0.1) is 19.7 Å². The lowest BCUT2D eigenvalue weighted by Gasteiger charge is -2.09. The van der Waals surface area contributed by atoms with E-state index in [1.165, 1.54) is 12.3 Å². The molecule has 3 rings (SSSR count). The summed E-state index contributed by atoms with van der Waals surface area (Å²) in [5.74, 6) is -1.54. The van der Waals surface area contributed by atoms with Gasteiger partial charge < -0.3 is 10.6 Å². The Morgan fingerprint density at radius 2 is 1.93 bits per heavy atom. The van der Waals surface area contributed by atoms with Crippen molar-refractivity contribution in [2.45, 2.75) is 20.4 Å². The van der Waals surface area contributed by atoms with Crippen molar-refractivity contribution in [1.82, 2.24) is 20.1 Å². The highest BCUT2D eigenvalue weighted by Gasteiger charge is 2.12. The first-order valence-corrected chi connectivity index (χ1v) is 8.74. The first-order chi connectivity index (χ1) is 13.4. The molecule has 144 valence electrons. The van der Waals surface area contributed by atoms with Crippen molar-refractivity contribution in [2.24, 2.45) is 0 Å². The lowest BCUT2D eigenvalue weighted by molar-refractivity contribution is 0.0950. The molecule has 2 heterocycles. The Balaban J connectivity index is 1.64. The molecular weight excluding hydrogens is 361 g/mol. The van der Waals surface area contributed by atoms with Gasteiger partial charge in [-0.3, -0.25) is 19.3 Å². The monoisotopic (exact) mass is 381 g/mol. The summed E-state index contributed by atoms with van der Waals surface area (Å²) in [7, 11) is 0. The minimum absolute atomic E-state index is 0.115. The van der Waals surface area contributed by atoms with Crippen LogP contribution in [0.5, 0.6) is 0 Å². The molecule has 2 amide bonds. The number of nitrogens with zero attached hydrogens (tertiary/aromatic N) is 3. The number of rotatable bonds is 6. The molecule has 3 aromatic rings. The smallest absolute Gasteiger partial charge is 0.274 e. The molecule has 0 unspecified atom stereocenters. The number of amides is 2. The number of carbonyl (C=O) groups is 2. The fraction of sp³-hybridized carbons (Fsp3) is 0.200. The van der Waals surface area contributed by atoms with Gasteiger partial charge >= 0.3 is 0 Å². The molecule has 1 aromatic carbocycles. The number of anilines is 1. The Hall–Kier alpha value is -3.55. The fourth-order valence-corrected chi connectivity index (χ4v) is 2.76. The molecule has 0 radical (unpaired) electrons. The number of benzene rings is 1. The van der Waals surface area contributed by atoms with Crippen LogP contribution in [-0.4, -0.2) is 33.1 Å². The Bertz CT molecular complexity index is 1000. The number of halogens is 1. The molecule has 0 spiro atoms. The van der Waals surface area contributed by atoms with Crippen molar-refractivity contribution >= 4 is 17.5 Å². The summed E-state index contributed by atoms with van der Waals surface area (Å²) in [6.45, 7) is 4.68. The topological polar surface area (TPSA) is 88.9 Å². The Morgan fingerprint density at radius 3 is 2.61 bits per heavy atom. The van der Waals surface area contributed by atoms with E-state index in [1.54, 1.807) is 22.9 Å². The highest BCUT2D eigenvalue weighted by atomic mass is 19.1. The van der Waals surface area contributed by atoms with Crippen LogP contribution in [0.3, 0.4) is 0 Å². The lowest BCUT2D eigenvalue weighted by atomic mass is 10.1. The van der Waals surface area contributed by atoms with Gasteiger partial charge in [-0.2, -0.15) is 5.10 Å².